The number of carbonyl (C=O) groups excluding carboxylic acids is 1. The minimum atomic E-state index is 0.135. The fourth-order valence-corrected chi connectivity index (χ4v) is 2.94. The molecule has 3 heteroatoms. The lowest BCUT2D eigenvalue weighted by molar-refractivity contribution is 0.0964. The molecule has 0 saturated carbocycles. The molecule has 0 saturated heterocycles. The van der Waals surface area contributed by atoms with Crippen LogP contribution in [0.2, 0.25) is 5.02 Å². The first kappa shape index (κ1) is 19.3. The minimum Gasteiger partial charge on any atom is -0.494 e. The molecule has 0 fully saturated rings. The predicted molar refractivity (Wildman–Crippen MR) is 105 cm³/mol. The van der Waals surface area contributed by atoms with Crippen molar-refractivity contribution < 1.29 is 9.53 Å². The number of carbonyl (C=O) groups is 1. The van der Waals surface area contributed by atoms with Crippen LogP contribution >= 0.6 is 11.6 Å². The van der Waals surface area contributed by atoms with Gasteiger partial charge in [0, 0.05) is 22.6 Å². The normalized spacial score (nSPS) is 11.8. The lowest BCUT2D eigenvalue weighted by Gasteiger charge is -2.12. The maximum atomic E-state index is 12.4. The van der Waals surface area contributed by atoms with Gasteiger partial charge in [-0.3, -0.25) is 4.79 Å². The van der Waals surface area contributed by atoms with Gasteiger partial charge in [0.2, 0.25) is 0 Å². The third-order valence-electron chi connectivity index (χ3n) is 4.21. The fraction of sp³-hybridized carbons (Fsp3) is 0.318. The van der Waals surface area contributed by atoms with Gasteiger partial charge in [-0.05, 0) is 43.4 Å². The highest BCUT2D eigenvalue weighted by Crippen LogP contribution is 2.21. The quantitative estimate of drug-likeness (QED) is 0.421. The van der Waals surface area contributed by atoms with E-state index in [4.69, 9.17) is 16.3 Å². The van der Waals surface area contributed by atoms with Gasteiger partial charge in [0.15, 0.2) is 5.78 Å². The molecule has 0 aromatic heterocycles. The number of Topliss-reactive ketones (excluding diaryl/α,β-unsaturated/α-hetero) is 1. The average molecular weight is 357 g/mol. The molecular formula is C22H25ClO2. The van der Waals surface area contributed by atoms with Gasteiger partial charge >= 0.3 is 0 Å². The molecule has 132 valence electrons. The van der Waals surface area contributed by atoms with Crippen molar-refractivity contribution in [3.63, 3.8) is 0 Å². The van der Waals surface area contributed by atoms with Crippen LogP contribution < -0.4 is 0 Å². The van der Waals surface area contributed by atoms with Crippen LogP contribution in [-0.4, -0.2) is 12.4 Å². The first-order chi connectivity index (χ1) is 11.9. The van der Waals surface area contributed by atoms with Crippen LogP contribution in [0.3, 0.4) is 0 Å². The second-order valence-electron chi connectivity index (χ2n) is 6.45. The van der Waals surface area contributed by atoms with Crippen LogP contribution in [0.25, 0.3) is 5.76 Å². The van der Waals surface area contributed by atoms with Gasteiger partial charge in [-0.25, -0.2) is 0 Å². The summed E-state index contributed by atoms with van der Waals surface area (Å²) in [6, 6.07) is 13.7. The summed E-state index contributed by atoms with van der Waals surface area (Å²) in [5.41, 5.74) is 3.87. The van der Waals surface area contributed by atoms with Crippen molar-refractivity contribution in [2.75, 3.05) is 6.61 Å². The average Bonchev–Trinajstić information content (AvgIpc) is 2.58. The Hall–Kier alpha value is -2.06. The van der Waals surface area contributed by atoms with Gasteiger partial charge in [0.25, 0.3) is 0 Å². The maximum absolute atomic E-state index is 12.4. The SMILES string of the molecule is C=C(OCC)c1ccc(C[C@@H](C)CC(=O)c2ccc(C)c(Cl)c2)cc1. The lowest BCUT2D eigenvalue weighted by Crippen LogP contribution is -2.09. The first-order valence-corrected chi connectivity index (χ1v) is 8.98. The van der Waals surface area contributed by atoms with E-state index in [0.717, 1.165) is 17.5 Å². The first-order valence-electron chi connectivity index (χ1n) is 8.61. The number of aryl methyl sites for hydroxylation is 1. The van der Waals surface area contributed by atoms with Crippen molar-refractivity contribution in [1.29, 1.82) is 0 Å². The van der Waals surface area contributed by atoms with E-state index in [0.29, 0.717) is 29.4 Å². The van der Waals surface area contributed by atoms with E-state index in [1.807, 2.05) is 38.1 Å². The molecule has 0 radical (unpaired) electrons. The van der Waals surface area contributed by atoms with Gasteiger partial charge in [-0.1, -0.05) is 61.5 Å². The summed E-state index contributed by atoms with van der Waals surface area (Å²) in [5.74, 6) is 1.08. The number of halogens is 1. The maximum Gasteiger partial charge on any atom is 0.163 e. The lowest BCUT2D eigenvalue weighted by atomic mass is 9.93. The molecule has 2 aromatic rings. The number of ether oxygens (including phenoxy) is 1. The molecule has 2 nitrogen and oxygen atoms in total. The fourth-order valence-electron chi connectivity index (χ4n) is 2.76. The molecule has 0 spiro atoms. The summed E-state index contributed by atoms with van der Waals surface area (Å²) < 4.78 is 5.42. The van der Waals surface area contributed by atoms with Crippen LogP contribution in [0.1, 0.15) is 47.3 Å². The monoisotopic (exact) mass is 356 g/mol. The summed E-state index contributed by atoms with van der Waals surface area (Å²) in [6.45, 7) is 10.5. The zero-order valence-electron chi connectivity index (χ0n) is 15.1. The Bertz CT molecular complexity index is 747. The highest BCUT2D eigenvalue weighted by atomic mass is 35.5. The summed E-state index contributed by atoms with van der Waals surface area (Å²) in [7, 11) is 0. The van der Waals surface area contributed by atoms with Crippen molar-refractivity contribution in [2.24, 2.45) is 5.92 Å². The van der Waals surface area contributed by atoms with Gasteiger partial charge in [-0.15, -0.1) is 0 Å². The number of hydrogen-bond donors (Lipinski definition) is 0. The van der Waals surface area contributed by atoms with Crippen molar-refractivity contribution in [1.82, 2.24) is 0 Å². The van der Waals surface area contributed by atoms with Gasteiger partial charge in [0.05, 0.1) is 6.61 Å². The molecule has 0 bridgehead atoms. The van der Waals surface area contributed by atoms with E-state index < -0.39 is 0 Å². The largest absolute Gasteiger partial charge is 0.494 e. The van der Waals surface area contributed by atoms with Gasteiger partial charge in [-0.2, -0.15) is 0 Å². The Morgan fingerprint density at radius 3 is 2.40 bits per heavy atom. The van der Waals surface area contributed by atoms with E-state index >= 15 is 0 Å². The molecule has 1 atom stereocenters. The Kier molecular flexibility index (Phi) is 6.83. The van der Waals surface area contributed by atoms with Gasteiger partial charge < -0.3 is 4.74 Å². The predicted octanol–water partition coefficient (Wildman–Crippen LogP) is 6.11. The molecule has 2 aromatic carbocycles. The summed E-state index contributed by atoms with van der Waals surface area (Å²) >= 11 is 6.12. The molecule has 0 aliphatic rings. The molecule has 0 aliphatic carbocycles. The Balaban J connectivity index is 1.95. The molecule has 0 N–H and O–H groups in total. The second kappa shape index (κ2) is 8.87. The molecule has 2 rings (SSSR count). The number of hydrogen-bond acceptors (Lipinski definition) is 2. The van der Waals surface area contributed by atoms with Crippen molar-refractivity contribution in [3.8, 4) is 0 Å². The van der Waals surface area contributed by atoms with Crippen LogP contribution in [0.5, 0.6) is 0 Å². The van der Waals surface area contributed by atoms with E-state index in [-0.39, 0.29) is 11.7 Å². The molecular weight excluding hydrogens is 332 g/mol. The number of rotatable bonds is 8. The van der Waals surface area contributed by atoms with Crippen LogP contribution in [-0.2, 0) is 11.2 Å². The molecule has 0 unspecified atom stereocenters. The van der Waals surface area contributed by atoms with Crippen LogP contribution in [0, 0.1) is 12.8 Å². The Morgan fingerprint density at radius 1 is 1.16 bits per heavy atom. The van der Waals surface area contributed by atoms with E-state index in [1.54, 1.807) is 6.07 Å². The highest BCUT2D eigenvalue weighted by Gasteiger charge is 2.13. The van der Waals surface area contributed by atoms with E-state index in [9.17, 15) is 4.79 Å². The van der Waals surface area contributed by atoms with Crippen molar-refractivity contribution >= 4 is 23.1 Å². The smallest absolute Gasteiger partial charge is 0.163 e. The van der Waals surface area contributed by atoms with Crippen molar-refractivity contribution in [2.45, 2.75) is 33.6 Å². The third-order valence-corrected chi connectivity index (χ3v) is 4.61. The Labute approximate surface area is 155 Å². The van der Waals surface area contributed by atoms with E-state index in [2.05, 4.69) is 25.6 Å². The zero-order valence-corrected chi connectivity index (χ0v) is 15.9. The molecule has 0 heterocycles. The number of ketones is 1. The highest BCUT2D eigenvalue weighted by molar-refractivity contribution is 6.31. The standard InChI is InChI=1S/C22H25ClO2/c1-5-25-17(4)19-10-7-18(8-11-19)12-15(2)13-22(24)20-9-6-16(3)21(23)14-20/h6-11,14-15H,4-5,12-13H2,1-3H3/t15-/m1/s1. The molecule has 0 amide bonds. The van der Waals surface area contributed by atoms with Crippen molar-refractivity contribution in [3.05, 3.63) is 76.3 Å². The third kappa shape index (κ3) is 5.47. The zero-order chi connectivity index (χ0) is 18.4. The van der Waals surface area contributed by atoms with Crippen LogP contribution in [0.4, 0.5) is 0 Å². The minimum absolute atomic E-state index is 0.135. The summed E-state index contributed by atoms with van der Waals surface area (Å²) in [4.78, 5) is 12.4. The Morgan fingerprint density at radius 2 is 1.80 bits per heavy atom. The van der Waals surface area contributed by atoms with Gasteiger partial charge in [0.1, 0.15) is 5.76 Å². The second-order valence-corrected chi connectivity index (χ2v) is 6.86. The summed E-state index contributed by atoms with van der Waals surface area (Å²) in [6.07, 6.45) is 1.36. The topological polar surface area (TPSA) is 26.3 Å². The summed E-state index contributed by atoms with van der Waals surface area (Å²) in [5, 5.41) is 0.642. The molecule has 25 heavy (non-hydrogen) atoms. The number of benzene rings is 2. The van der Waals surface area contributed by atoms with Crippen LogP contribution in [0.15, 0.2) is 49.0 Å². The molecule has 0 aliphatic heterocycles. The van der Waals surface area contributed by atoms with E-state index in [1.165, 1.54) is 5.56 Å².